The molecule has 24 heavy (non-hydrogen) atoms. The summed E-state index contributed by atoms with van der Waals surface area (Å²) in [6, 6.07) is 8.34. The lowest BCUT2D eigenvalue weighted by molar-refractivity contribution is -0.126. The van der Waals surface area contributed by atoms with Gasteiger partial charge in [0.2, 0.25) is 5.91 Å². The van der Waals surface area contributed by atoms with E-state index in [0.29, 0.717) is 6.61 Å². The van der Waals surface area contributed by atoms with Crippen molar-refractivity contribution < 1.29 is 9.53 Å². The molecule has 0 saturated heterocycles. The lowest BCUT2D eigenvalue weighted by atomic mass is 9.75. The molecule has 4 nitrogen and oxygen atoms in total. The molecule has 0 aromatic heterocycles. The van der Waals surface area contributed by atoms with Crippen LogP contribution >= 0.6 is 11.6 Å². The first-order chi connectivity index (χ1) is 11.5. The van der Waals surface area contributed by atoms with Crippen LogP contribution in [0.5, 0.6) is 0 Å². The lowest BCUT2D eigenvalue weighted by Gasteiger charge is -2.45. The fourth-order valence-corrected chi connectivity index (χ4v) is 3.74. The van der Waals surface area contributed by atoms with Gasteiger partial charge in [-0.25, -0.2) is 0 Å². The Hall–Kier alpha value is -1.10. The van der Waals surface area contributed by atoms with E-state index in [1.165, 1.54) is 5.56 Å². The average Bonchev–Trinajstić information content (AvgIpc) is 2.57. The van der Waals surface area contributed by atoms with Crippen LogP contribution in [0.15, 0.2) is 24.3 Å². The standard InChI is InChI=1S/C19H29ClN2O2/c1-4-24-14-18(23)21-16-9-11-19(12-10-16,22(2)3)13-15-7-5-6-8-17(15)20/h5-8,16H,4,9-14H2,1-3H3,(H,21,23). The number of benzene rings is 1. The Morgan fingerprint density at radius 1 is 1.33 bits per heavy atom. The van der Waals surface area contributed by atoms with Gasteiger partial charge in [0, 0.05) is 23.2 Å². The maximum atomic E-state index is 11.8. The normalized spacial score (nSPS) is 24.1. The minimum atomic E-state index is -0.00898. The highest BCUT2D eigenvalue weighted by molar-refractivity contribution is 6.31. The van der Waals surface area contributed by atoms with Crippen LogP contribution in [0.1, 0.15) is 38.2 Å². The van der Waals surface area contributed by atoms with E-state index in [0.717, 1.165) is 37.1 Å². The quantitative estimate of drug-likeness (QED) is 0.818. The second kappa shape index (κ2) is 8.84. The molecule has 1 aromatic rings. The lowest BCUT2D eigenvalue weighted by Crippen LogP contribution is -2.52. The number of halogens is 1. The highest BCUT2D eigenvalue weighted by Gasteiger charge is 2.38. The average molecular weight is 353 g/mol. The Labute approximate surface area is 150 Å². The van der Waals surface area contributed by atoms with Crippen molar-refractivity contribution in [3.05, 3.63) is 34.9 Å². The largest absolute Gasteiger partial charge is 0.372 e. The summed E-state index contributed by atoms with van der Waals surface area (Å²) in [6.45, 7) is 2.62. The molecule has 0 bridgehead atoms. The number of hydrogen-bond donors (Lipinski definition) is 1. The van der Waals surface area contributed by atoms with Crippen LogP contribution in [0.4, 0.5) is 0 Å². The number of nitrogens with zero attached hydrogens (tertiary/aromatic N) is 1. The number of ether oxygens (including phenoxy) is 1. The Bertz CT molecular complexity index is 540. The van der Waals surface area contributed by atoms with E-state index < -0.39 is 0 Å². The highest BCUT2D eigenvalue weighted by atomic mass is 35.5. The first-order valence-corrected chi connectivity index (χ1v) is 9.12. The van der Waals surface area contributed by atoms with Gasteiger partial charge in [0.15, 0.2) is 0 Å². The second-order valence-electron chi connectivity index (χ2n) is 6.87. The summed E-state index contributed by atoms with van der Waals surface area (Å²) in [5.41, 5.74) is 1.30. The third-order valence-corrected chi connectivity index (χ3v) is 5.51. The van der Waals surface area contributed by atoms with E-state index >= 15 is 0 Å². The number of amides is 1. The first kappa shape index (κ1) is 19.2. The van der Waals surface area contributed by atoms with Gasteiger partial charge in [-0.05, 0) is 64.8 Å². The molecule has 1 aromatic carbocycles. The molecule has 0 aliphatic heterocycles. The Morgan fingerprint density at radius 3 is 2.58 bits per heavy atom. The van der Waals surface area contributed by atoms with Crippen molar-refractivity contribution in [3.63, 3.8) is 0 Å². The van der Waals surface area contributed by atoms with Crippen LogP contribution in [0.25, 0.3) is 0 Å². The van der Waals surface area contributed by atoms with Crippen LogP contribution in [0.2, 0.25) is 5.02 Å². The van der Waals surface area contributed by atoms with Crippen molar-refractivity contribution in [3.8, 4) is 0 Å². The molecule has 134 valence electrons. The van der Waals surface area contributed by atoms with E-state index in [-0.39, 0.29) is 24.1 Å². The number of likely N-dealkylation sites (N-methyl/N-ethyl adjacent to an activating group) is 1. The predicted octanol–water partition coefficient (Wildman–Crippen LogP) is 3.28. The van der Waals surface area contributed by atoms with E-state index in [1.54, 1.807) is 0 Å². The van der Waals surface area contributed by atoms with E-state index in [1.807, 2.05) is 25.1 Å². The first-order valence-electron chi connectivity index (χ1n) is 8.75. The van der Waals surface area contributed by atoms with Crippen LogP contribution in [-0.4, -0.2) is 49.7 Å². The minimum absolute atomic E-state index is 0.00898. The summed E-state index contributed by atoms with van der Waals surface area (Å²) in [4.78, 5) is 14.2. The van der Waals surface area contributed by atoms with Gasteiger partial charge < -0.3 is 15.0 Å². The van der Waals surface area contributed by atoms with Crippen molar-refractivity contribution in [1.82, 2.24) is 10.2 Å². The molecule has 0 heterocycles. The summed E-state index contributed by atoms with van der Waals surface area (Å²) in [5.74, 6) is -0.00898. The van der Waals surface area contributed by atoms with Gasteiger partial charge in [0.1, 0.15) is 6.61 Å². The highest BCUT2D eigenvalue weighted by Crippen LogP contribution is 2.36. The molecule has 0 atom stereocenters. The molecule has 0 unspecified atom stereocenters. The van der Waals surface area contributed by atoms with Gasteiger partial charge in [-0.3, -0.25) is 4.79 Å². The molecule has 2 rings (SSSR count). The fourth-order valence-electron chi connectivity index (χ4n) is 3.54. The van der Waals surface area contributed by atoms with Gasteiger partial charge in [0.05, 0.1) is 0 Å². The molecular weight excluding hydrogens is 324 g/mol. The Morgan fingerprint density at radius 2 is 2.00 bits per heavy atom. The molecule has 1 aliphatic carbocycles. The SMILES string of the molecule is CCOCC(=O)NC1CCC(Cc2ccccc2Cl)(N(C)C)CC1. The molecule has 0 radical (unpaired) electrons. The van der Waals surface area contributed by atoms with Gasteiger partial charge in [0.25, 0.3) is 0 Å². The molecule has 0 spiro atoms. The molecule has 1 aliphatic rings. The van der Waals surface area contributed by atoms with Gasteiger partial charge in [-0.1, -0.05) is 29.8 Å². The van der Waals surface area contributed by atoms with Gasteiger partial charge in [-0.2, -0.15) is 0 Å². The third kappa shape index (κ3) is 4.95. The zero-order chi connectivity index (χ0) is 17.6. The number of nitrogens with one attached hydrogen (secondary N) is 1. The summed E-state index contributed by atoms with van der Waals surface area (Å²) in [6.07, 6.45) is 5.01. The number of carbonyl (C=O) groups excluding carboxylic acids is 1. The van der Waals surface area contributed by atoms with Crippen LogP contribution < -0.4 is 5.32 Å². The smallest absolute Gasteiger partial charge is 0.246 e. The third-order valence-electron chi connectivity index (χ3n) is 5.14. The fraction of sp³-hybridized carbons (Fsp3) is 0.632. The van der Waals surface area contributed by atoms with Crippen molar-refractivity contribution >= 4 is 17.5 Å². The van der Waals surface area contributed by atoms with Crippen molar-refractivity contribution in [1.29, 1.82) is 0 Å². The van der Waals surface area contributed by atoms with Crippen LogP contribution in [-0.2, 0) is 16.0 Å². The molecule has 1 amide bonds. The van der Waals surface area contributed by atoms with E-state index in [4.69, 9.17) is 16.3 Å². The summed E-state index contributed by atoms with van der Waals surface area (Å²) >= 11 is 6.37. The van der Waals surface area contributed by atoms with Crippen molar-refractivity contribution in [2.24, 2.45) is 0 Å². The number of carbonyl (C=O) groups is 1. The number of hydrogen-bond acceptors (Lipinski definition) is 3. The number of rotatable bonds is 7. The summed E-state index contributed by atoms with van der Waals surface area (Å²) in [5, 5.41) is 3.94. The minimum Gasteiger partial charge on any atom is -0.372 e. The summed E-state index contributed by atoms with van der Waals surface area (Å²) < 4.78 is 5.17. The van der Waals surface area contributed by atoms with Gasteiger partial charge in [-0.15, -0.1) is 0 Å². The van der Waals surface area contributed by atoms with Crippen LogP contribution in [0, 0.1) is 0 Å². The maximum Gasteiger partial charge on any atom is 0.246 e. The zero-order valence-electron chi connectivity index (χ0n) is 15.0. The molecule has 1 fully saturated rings. The predicted molar refractivity (Wildman–Crippen MR) is 98.5 cm³/mol. The van der Waals surface area contributed by atoms with Gasteiger partial charge >= 0.3 is 0 Å². The topological polar surface area (TPSA) is 41.6 Å². The van der Waals surface area contributed by atoms with E-state index in [9.17, 15) is 4.79 Å². The molecule has 1 saturated carbocycles. The Kier molecular flexibility index (Phi) is 7.08. The molecular formula is C19H29ClN2O2. The summed E-state index contributed by atoms with van der Waals surface area (Å²) in [7, 11) is 4.29. The monoisotopic (exact) mass is 352 g/mol. The Balaban J connectivity index is 1.96. The van der Waals surface area contributed by atoms with E-state index in [2.05, 4.69) is 30.4 Å². The van der Waals surface area contributed by atoms with Crippen molar-refractivity contribution in [2.75, 3.05) is 27.3 Å². The van der Waals surface area contributed by atoms with Crippen LogP contribution in [0.3, 0.4) is 0 Å². The molecule has 1 N–H and O–H groups in total. The molecule has 5 heteroatoms. The maximum absolute atomic E-state index is 11.8. The second-order valence-corrected chi connectivity index (χ2v) is 7.27. The zero-order valence-corrected chi connectivity index (χ0v) is 15.7. The van der Waals surface area contributed by atoms with Crippen molar-refractivity contribution in [2.45, 2.75) is 50.6 Å².